The number of piperidine rings is 1. The van der Waals surface area contributed by atoms with Gasteiger partial charge in [-0.05, 0) is 81.1 Å². The normalized spacial score (nSPS) is 22.7. The SMILES string of the molecule is CC(C(=O)NCC(=O)c1ccc(Cl)cc1)N1C2CCC1CC(Oc1ccnc3ccc(F)cc13)C2. The summed E-state index contributed by atoms with van der Waals surface area (Å²) in [4.78, 5) is 31.9. The van der Waals surface area contributed by atoms with E-state index in [1.54, 1.807) is 42.6 Å². The van der Waals surface area contributed by atoms with Crippen LogP contribution in [0, 0.1) is 5.82 Å². The van der Waals surface area contributed by atoms with Crippen molar-refractivity contribution in [3.63, 3.8) is 0 Å². The monoisotopic (exact) mass is 495 g/mol. The Morgan fingerprint density at radius 1 is 1.14 bits per heavy atom. The van der Waals surface area contributed by atoms with E-state index in [2.05, 4.69) is 15.2 Å². The molecule has 5 rings (SSSR count). The Morgan fingerprint density at radius 2 is 1.86 bits per heavy atom. The first kappa shape index (κ1) is 23.7. The van der Waals surface area contributed by atoms with Gasteiger partial charge in [-0.1, -0.05) is 11.6 Å². The number of nitrogens with zero attached hydrogens (tertiary/aromatic N) is 2. The molecule has 3 heterocycles. The van der Waals surface area contributed by atoms with E-state index in [4.69, 9.17) is 16.3 Å². The van der Waals surface area contributed by atoms with Crippen molar-refractivity contribution in [1.82, 2.24) is 15.2 Å². The third kappa shape index (κ3) is 5.02. The summed E-state index contributed by atoms with van der Waals surface area (Å²) in [5, 5.41) is 4.03. The number of pyridine rings is 1. The zero-order valence-corrected chi connectivity index (χ0v) is 20.2. The Morgan fingerprint density at radius 3 is 2.57 bits per heavy atom. The minimum absolute atomic E-state index is 0.0145. The number of rotatable bonds is 7. The van der Waals surface area contributed by atoms with Gasteiger partial charge in [-0.25, -0.2) is 4.39 Å². The second kappa shape index (κ2) is 9.91. The highest BCUT2D eigenvalue weighted by molar-refractivity contribution is 6.30. The quantitative estimate of drug-likeness (QED) is 0.477. The van der Waals surface area contributed by atoms with Crippen LogP contribution in [0.5, 0.6) is 5.75 Å². The average molecular weight is 496 g/mol. The highest BCUT2D eigenvalue weighted by atomic mass is 35.5. The maximum atomic E-state index is 13.8. The fraction of sp³-hybridized carbons (Fsp3) is 0.370. The summed E-state index contributed by atoms with van der Waals surface area (Å²) in [7, 11) is 0. The van der Waals surface area contributed by atoms with Crippen molar-refractivity contribution in [2.45, 2.75) is 56.8 Å². The number of nitrogens with one attached hydrogen (secondary N) is 1. The number of carbonyl (C=O) groups excluding carboxylic acids is 2. The van der Waals surface area contributed by atoms with Crippen molar-refractivity contribution < 1.29 is 18.7 Å². The molecule has 0 aliphatic carbocycles. The highest BCUT2D eigenvalue weighted by Gasteiger charge is 2.45. The fourth-order valence-electron chi connectivity index (χ4n) is 5.46. The topological polar surface area (TPSA) is 71.5 Å². The summed E-state index contributed by atoms with van der Waals surface area (Å²) in [5.74, 6) is 0.0102. The summed E-state index contributed by atoms with van der Waals surface area (Å²) in [6.45, 7) is 1.85. The van der Waals surface area contributed by atoms with Crippen LogP contribution < -0.4 is 10.1 Å². The van der Waals surface area contributed by atoms with E-state index in [9.17, 15) is 14.0 Å². The number of ketones is 1. The largest absolute Gasteiger partial charge is 0.490 e. The molecule has 0 radical (unpaired) electrons. The zero-order chi connectivity index (χ0) is 24.5. The predicted octanol–water partition coefficient (Wildman–Crippen LogP) is 4.79. The number of benzene rings is 2. The van der Waals surface area contributed by atoms with Gasteiger partial charge in [0.2, 0.25) is 5.91 Å². The third-order valence-electron chi connectivity index (χ3n) is 7.12. The van der Waals surface area contributed by atoms with Gasteiger partial charge in [0.25, 0.3) is 0 Å². The minimum atomic E-state index is -0.345. The number of halogens is 2. The van der Waals surface area contributed by atoms with Gasteiger partial charge in [0.05, 0.1) is 18.1 Å². The van der Waals surface area contributed by atoms with E-state index in [1.165, 1.54) is 12.1 Å². The van der Waals surface area contributed by atoms with Crippen LogP contribution in [0.25, 0.3) is 10.9 Å². The lowest BCUT2D eigenvalue weighted by atomic mass is 9.97. The molecule has 3 aromatic rings. The van der Waals surface area contributed by atoms with E-state index >= 15 is 0 Å². The maximum Gasteiger partial charge on any atom is 0.237 e. The van der Waals surface area contributed by atoms with Crippen LogP contribution >= 0.6 is 11.6 Å². The molecular formula is C27H27ClFN3O3. The first-order valence-electron chi connectivity index (χ1n) is 11.9. The van der Waals surface area contributed by atoms with E-state index in [1.807, 2.05) is 6.92 Å². The molecule has 2 fully saturated rings. The average Bonchev–Trinajstić information content (AvgIpc) is 3.12. The Labute approximate surface area is 208 Å². The number of amides is 1. The van der Waals surface area contributed by atoms with Gasteiger partial charge in [-0.15, -0.1) is 0 Å². The number of Topliss-reactive ketones (excluding diaryl/α,β-unsaturated/α-hetero) is 1. The van der Waals surface area contributed by atoms with Gasteiger partial charge >= 0.3 is 0 Å². The number of hydrogen-bond donors (Lipinski definition) is 1. The van der Waals surface area contributed by atoms with Crippen molar-refractivity contribution in [3.8, 4) is 5.75 Å². The molecule has 2 saturated heterocycles. The molecule has 3 unspecified atom stereocenters. The molecule has 0 spiro atoms. The van der Waals surface area contributed by atoms with Crippen LogP contribution in [0.2, 0.25) is 5.02 Å². The molecule has 3 atom stereocenters. The molecule has 1 N–H and O–H groups in total. The van der Waals surface area contributed by atoms with Crippen molar-refractivity contribution in [2.24, 2.45) is 0 Å². The Kier molecular flexibility index (Phi) is 6.71. The number of carbonyl (C=O) groups is 2. The van der Waals surface area contributed by atoms with Crippen LogP contribution in [0.1, 0.15) is 43.0 Å². The summed E-state index contributed by atoms with van der Waals surface area (Å²) >= 11 is 5.88. The summed E-state index contributed by atoms with van der Waals surface area (Å²) in [6.07, 6.45) is 5.24. The molecule has 2 bridgehead atoms. The van der Waals surface area contributed by atoms with Gasteiger partial charge in [-0.2, -0.15) is 0 Å². The van der Waals surface area contributed by atoms with Crippen molar-refractivity contribution >= 4 is 34.2 Å². The Hall–Kier alpha value is -3.03. The second-order valence-electron chi connectivity index (χ2n) is 9.34. The lowest BCUT2D eigenvalue weighted by Crippen LogP contribution is -2.55. The van der Waals surface area contributed by atoms with Gasteiger partial charge in [-0.3, -0.25) is 19.5 Å². The zero-order valence-electron chi connectivity index (χ0n) is 19.4. The number of ether oxygens (including phenoxy) is 1. The smallest absolute Gasteiger partial charge is 0.237 e. The molecule has 1 amide bonds. The molecule has 0 saturated carbocycles. The predicted molar refractivity (Wildman–Crippen MR) is 132 cm³/mol. The van der Waals surface area contributed by atoms with Crippen LogP contribution in [0.15, 0.2) is 54.7 Å². The van der Waals surface area contributed by atoms with Crippen LogP contribution in [-0.2, 0) is 4.79 Å². The minimum Gasteiger partial charge on any atom is -0.490 e. The second-order valence-corrected chi connectivity index (χ2v) is 9.77. The van der Waals surface area contributed by atoms with Gasteiger partial charge < -0.3 is 10.1 Å². The van der Waals surface area contributed by atoms with Crippen LogP contribution in [0.4, 0.5) is 4.39 Å². The van der Waals surface area contributed by atoms with E-state index < -0.39 is 0 Å². The molecule has 182 valence electrons. The molecule has 35 heavy (non-hydrogen) atoms. The van der Waals surface area contributed by atoms with Gasteiger partial charge in [0.15, 0.2) is 5.78 Å². The molecule has 2 aliphatic rings. The lowest BCUT2D eigenvalue weighted by Gasteiger charge is -2.41. The standard InChI is InChI=1S/C27H27ClFN3O3/c1-16(27(34)31-15-25(33)17-2-4-18(28)5-3-17)32-20-7-8-21(32)14-22(13-20)35-26-10-11-30-24-9-6-19(29)12-23(24)26/h2-6,9-12,16,20-22H,7-8,13-15H2,1H3,(H,31,34). The van der Waals surface area contributed by atoms with Crippen molar-refractivity contribution in [1.29, 1.82) is 0 Å². The molecule has 2 aromatic carbocycles. The van der Waals surface area contributed by atoms with E-state index in [0.717, 1.165) is 25.7 Å². The van der Waals surface area contributed by atoms with Crippen molar-refractivity contribution in [2.75, 3.05) is 6.54 Å². The molecule has 8 heteroatoms. The highest BCUT2D eigenvalue weighted by Crippen LogP contribution is 2.39. The van der Waals surface area contributed by atoms with E-state index in [-0.39, 0.29) is 48.3 Å². The van der Waals surface area contributed by atoms with E-state index in [0.29, 0.717) is 27.2 Å². The summed E-state index contributed by atoms with van der Waals surface area (Å²) in [6, 6.07) is 13.0. The Bertz CT molecular complexity index is 1240. The number of fused-ring (bicyclic) bond motifs is 3. The molecule has 2 aliphatic heterocycles. The first-order valence-corrected chi connectivity index (χ1v) is 12.3. The van der Waals surface area contributed by atoms with Gasteiger partial charge in [0.1, 0.15) is 17.7 Å². The lowest BCUT2D eigenvalue weighted by molar-refractivity contribution is -0.128. The number of hydrogen-bond acceptors (Lipinski definition) is 5. The van der Waals surface area contributed by atoms with Crippen LogP contribution in [0.3, 0.4) is 0 Å². The Balaban J connectivity index is 1.20. The van der Waals surface area contributed by atoms with Crippen LogP contribution in [-0.4, -0.2) is 52.3 Å². The fourth-order valence-corrected chi connectivity index (χ4v) is 5.58. The van der Waals surface area contributed by atoms with Crippen molar-refractivity contribution in [3.05, 3.63) is 71.1 Å². The molecule has 1 aromatic heterocycles. The first-order chi connectivity index (χ1) is 16.9. The molecule has 6 nitrogen and oxygen atoms in total. The summed E-state index contributed by atoms with van der Waals surface area (Å²) < 4.78 is 20.2. The third-order valence-corrected chi connectivity index (χ3v) is 7.37. The molecular weight excluding hydrogens is 469 g/mol. The van der Waals surface area contributed by atoms with Gasteiger partial charge in [0, 0.05) is 34.3 Å². The number of aromatic nitrogens is 1. The maximum absolute atomic E-state index is 13.8. The summed E-state index contributed by atoms with van der Waals surface area (Å²) in [5.41, 5.74) is 1.21.